The van der Waals surface area contributed by atoms with Gasteiger partial charge in [-0.15, -0.1) is 0 Å². The van der Waals surface area contributed by atoms with Crippen LogP contribution in [0.1, 0.15) is 10.4 Å². The van der Waals surface area contributed by atoms with Crippen molar-refractivity contribution in [2.45, 2.75) is 0 Å². The van der Waals surface area contributed by atoms with Gasteiger partial charge in [-0.05, 0) is 12.1 Å². The number of nitro benzene ring substituents is 1. The number of hydrogen-bond acceptors (Lipinski definition) is 4. The lowest BCUT2D eigenvalue weighted by Crippen LogP contribution is -2.17. The number of nitrogens with two attached hydrogens (primary N) is 1. The number of benzene rings is 1. The molecule has 0 fully saturated rings. The second-order valence-electron chi connectivity index (χ2n) is 3.19. The Kier molecular flexibility index (Phi) is 2.89. The highest BCUT2D eigenvalue weighted by Gasteiger charge is 2.23. The van der Waals surface area contributed by atoms with Crippen LogP contribution in [-0.4, -0.2) is 24.9 Å². The average Bonchev–Trinajstić information content (AvgIpc) is 2.16. The summed E-state index contributed by atoms with van der Waals surface area (Å²) < 4.78 is 0. The largest absolute Gasteiger partial charge is 0.372 e. The van der Waals surface area contributed by atoms with E-state index in [0.29, 0.717) is 5.69 Å². The highest BCUT2D eigenvalue weighted by atomic mass is 16.6. The summed E-state index contributed by atoms with van der Waals surface area (Å²) in [6.07, 6.45) is 0. The van der Waals surface area contributed by atoms with Crippen LogP contribution in [0.3, 0.4) is 0 Å². The number of anilines is 1. The van der Waals surface area contributed by atoms with Gasteiger partial charge in [-0.2, -0.15) is 0 Å². The van der Waals surface area contributed by atoms with E-state index < -0.39 is 10.8 Å². The zero-order valence-corrected chi connectivity index (χ0v) is 8.43. The summed E-state index contributed by atoms with van der Waals surface area (Å²) in [4.78, 5) is 22.8. The zero-order chi connectivity index (χ0) is 11.6. The van der Waals surface area contributed by atoms with Gasteiger partial charge < -0.3 is 10.6 Å². The summed E-state index contributed by atoms with van der Waals surface area (Å²) in [5.41, 5.74) is 5.08. The van der Waals surface area contributed by atoms with Crippen LogP contribution in [0.2, 0.25) is 0 Å². The van der Waals surface area contributed by atoms with Crippen LogP contribution in [0.25, 0.3) is 0 Å². The van der Waals surface area contributed by atoms with E-state index in [2.05, 4.69) is 0 Å². The van der Waals surface area contributed by atoms with Crippen molar-refractivity contribution in [1.82, 2.24) is 0 Å². The van der Waals surface area contributed by atoms with E-state index in [4.69, 9.17) is 5.73 Å². The molecule has 80 valence electrons. The van der Waals surface area contributed by atoms with Gasteiger partial charge >= 0.3 is 5.69 Å². The Balaban J connectivity index is 3.48. The molecule has 1 aromatic rings. The van der Waals surface area contributed by atoms with Crippen LogP contribution in [-0.2, 0) is 0 Å². The first-order chi connectivity index (χ1) is 6.95. The van der Waals surface area contributed by atoms with E-state index in [9.17, 15) is 14.9 Å². The number of primary amides is 1. The lowest BCUT2D eigenvalue weighted by Gasteiger charge is -2.13. The number of nitro groups is 1. The van der Waals surface area contributed by atoms with Crippen molar-refractivity contribution in [2.75, 3.05) is 19.0 Å². The predicted octanol–water partition coefficient (Wildman–Crippen LogP) is 0.760. The van der Waals surface area contributed by atoms with Crippen LogP contribution in [0.4, 0.5) is 11.4 Å². The molecule has 1 rings (SSSR count). The maximum Gasteiger partial charge on any atom is 0.305 e. The number of nitrogens with zero attached hydrogens (tertiary/aromatic N) is 2. The van der Waals surface area contributed by atoms with Gasteiger partial charge in [-0.3, -0.25) is 14.9 Å². The smallest absolute Gasteiger partial charge is 0.305 e. The van der Waals surface area contributed by atoms with E-state index in [0.717, 1.165) is 0 Å². The quantitative estimate of drug-likeness (QED) is 0.587. The van der Waals surface area contributed by atoms with Gasteiger partial charge in [0.1, 0.15) is 11.3 Å². The van der Waals surface area contributed by atoms with Crippen molar-refractivity contribution in [3.63, 3.8) is 0 Å². The van der Waals surface area contributed by atoms with Gasteiger partial charge in [0.05, 0.1) is 4.92 Å². The van der Waals surface area contributed by atoms with Gasteiger partial charge in [-0.1, -0.05) is 6.07 Å². The van der Waals surface area contributed by atoms with Crippen LogP contribution in [0.5, 0.6) is 0 Å². The normalized spacial score (nSPS) is 9.73. The predicted molar refractivity (Wildman–Crippen MR) is 55.9 cm³/mol. The third-order valence-electron chi connectivity index (χ3n) is 1.94. The first kappa shape index (κ1) is 11.0. The SMILES string of the molecule is CN(C)c1cccc(C(N)=O)c1[N+](=O)[O-]. The van der Waals surface area contributed by atoms with Crippen LogP contribution in [0.15, 0.2) is 18.2 Å². The molecule has 0 spiro atoms. The van der Waals surface area contributed by atoms with E-state index >= 15 is 0 Å². The third-order valence-corrected chi connectivity index (χ3v) is 1.94. The van der Waals surface area contributed by atoms with Crippen LogP contribution < -0.4 is 10.6 Å². The minimum Gasteiger partial charge on any atom is -0.372 e. The van der Waals surface area contributed by atoms with Gasteiger partial charge in [0, 0.05) is 14.1 Å². The van der Waals surface area contributed by atoms with Crippen molar-refractivity contribution in [1.29, 1.82) is 0 Å². The van der Waals surface area contributed by atoms with Crippen molar-refractivity contribution in [2.24, 2.45) is 5.73 Å². The molecule has 0 aliphatic carbocycles. The van der Waals surface area contributed by atoms with Crippen molar-refractivity contribution >= 4 is 17.3 Å². The van der Waals surface area contributed by atoms with Crippen molar-refractivity contribution < 1.29 is 9.72 Å². The fourth-order valence-electron chi connectivity index (χ4n) is 1.28. The van der Waals surface area contributed by atoms with E-state index in [-0.39, 0.29) is 11.3 Å². The number of rotatable bonds is 3. The van der Waals surface area contributed by atoms with Gasteiger partial charge in [0.25, 0.3) is 5.91 Å². The zero-order valence-electron chi connectivity index (χ0n) is 8.43. The van der Waals surface area contributed by atoms with Gasteiger partial charge in [0.15, 0.2) is 0 Å². The first-order valence-corrected chi connectivity index (χ1v) is 4.19. The molecule has 0 aliphatic rings. The summed E-state index contributed by atoms with van der Waals surface area (Å²) in [6.45, 7) is 0. The molecule has 0 saturated carbocycles. The molecule has 0 saturated heterocycles. The Morgan fingerprint density at radius 1 is 1.47 bits per heavy atom. The second kappa shape index (κ2) is 3.95. The Hall–Kier alpha value is -2.11. The number of carbonyl (C=O) groups excluding carboxylic acids is 1. The van der Waals surface area contributed by atoms with Gasteiger partial charge in [-0.25, -0.2) is 0 Å². The molecule has 0 aliphatic heterocycles. The third kappa shape index (κ3) is 2.04. The standard InChI is InChI=1S/C9H11N3O3/c1-11(2)7-5-3-4-6(9(10)13)8(7)12(14)15/h3-5H,1-2H3,(H2,10,13). The topological polar surface area (TPSA) is 89.5 Å². The summed E-state index contributed by atoms with van der Waals surface area (Å²) in [7, 11) is 3.32. The molecule has 0 unspecified atom stereocenters. The fourth-order valence-corrected chi connectivity index (χ4v) is 1.28. The van der Waals surface area contributed by atoms with Crippen LogP contribution >= 0.6 is 0 Å². The lowest BCUT2D eigenvalue weighted by molar-refractivity contribution is -0.384. The molecule has 6 nitrogen and oxygen atoms in total. The molecule has 0 atom stereocenters. The highest BCUT2D eigenvalue weighted by molar-refractivity contribution is 5.99. The fraction of sp³-hybridized carbons (Fsp3) is 0.222. The monoisotopic (exact) mass is 209 g/mol. The molecule has 6 heteroatoms. The molecule has 0 heterocycles. The van der Waals surface area contributed by atoms with E-state index in [1.807, 2.05) is 0 Å². The highest BCUT2D eigenvalue weighted by Crippen LogP contribution is 2.29. The van der Waals surface area contributed by atoms with E-state index in [1.54, 1.807) is 31.1 Å². The average molecular weight is 209 g/mol. The molecular formula is C9H11N3O3. The number of hydrogen-bond donors (Lipinski definition) is 1. The number of para-hydroxylation sites is 1. The summed E-state index contributed by atoms with van der Waals surface area (Å²) in [5.74, 6) is -0.801. The summed E-state index contributed by atoms with van der Waals surface area (Å²) in [6, 6.07) is 4.46. The van der Waals surface area contributed by atoms with Crippen molar-refractivity contribution in [3.05, 3.63) is 33.9 Å². The molecular weight excluding hydrogens is 198 g/mol. The Labute approximate surface area is 86.4 Å². The minimum atomic E-state index is -0.801. The molecule has 2 N–H and O–H groups in total. The molecule has 1 amide bonds. The molecule has 0 aromatic heterocycles. The number of carbonyl (C=O) groups is 1. The maximum atomic E-state index is 11.0. The molecule has 0 bridgehead atoms. The minimum absolute atomic E-state index is 0.0776. The molecule has 0 radical (unpaired) electrons. The lowest BCUT2D eigenvalue weighted by atomic mass is 10.1. The Morgan fingerprint density at radius 2 is 2.07 bits per heavy atom. The molecule has 1 aromatic carbocycles. The molecule has 15 heavy (non-hydrogen) atoms. The Morgan fingerprint density at radius 3 is 2.47 bits per heavy atom. The van der Waals surface area contributed by atoms with Gasteiger partial charge in [0.2, 0.25) is 0 Å². The van der Waals surface area contributed by atoms with E-state index in [1.165, 1.54) is 6.07 Å². The Bertz CT molecular complexity index is 415. The van der Waals surface area contributed by atoms with Crippen LogP contribution in [0, 0.1) is 10.1 Å². The summed E-state index contributed by atoms with van der Waals surface area (Å²) in [5, 5.41) is 10.8. The second-order valence-corrected chi connectivity index (χ2v) is 3.19. The van der Waals surface area contributed by atoms with Crippen molar-refractivity contribution in [3.8, 4) is 0 Å². The first-order valence-electron chi connectivity index (χ1n) is 4.19. The summed E-state index contributed by atoms with van der Waals surface area (Å²) >= 11 is 0. The maximum absolute atomic E-state index is 11.0. The number of amides is 1.